The number of halogens is 1. The van der Waals surface area contributed by atoms with E-state index < -0.39 is 7.82 Å². The van der Waals surface area contributed by atoms with Crippen molar-refractivity contribution in [3.8, 4) is 0 Å². The third kappa shape index (κ3) is 22.5. The van der Waals surface area contributed by atoms with Crippen LogP contribution in [0, 0.1) is 0 Å². The molecule has 0 aromatic heterocycles. The van der Waals surface area contributed by atoms with Gasteiger partial charge in [-0.15, -0.1) is 0 Å². The maximum Gasteiger partial charge on any atom is 0.472 e. The van der Waals surface area contributed by atoms with E-state index in [2.05, 4.69) is 39.5 Å². The van der Waals surface area contributed by atoms with Crippen molar-refractivity contribution in [2.75, 3.05) is 25.2 Å². The number of phosphoric ester groups is 1. The molecule has 0 spiro atoms. The fraction of sp³-hybridized carbons (Fsp3) is 0.864. The van der Waals surface area contributed by atoms with E-state index in [0.29, 0.717) is 11.8 Å². The van der Waals surface area contributed by atoms with E-state index in [4.69, 9.17) is 9.26 Å². The van der Waals surface area contributed by atoms with Gasteiger partial charge >= 0.3 is 13.8 Å². The van der Waals surface area contributed by atoms with E-state index in [1.165, 1.54) is 57.8 Å². The monoisotopic (exact) mass is 512 g/mol. The first-order valence-corrected chi connectivity index (χ1v) is 14.1. The van der Waals surface area contributed by atoms with E-state index in [9.17, 15) is 14.3 Å². The van der Waals surface area contributed by atoms with Crippen LogP contribution < -0.4 is 0 Å². The Morgan fingerprint density at radius 1 is 0.833 bits per heavy atom. The fourth-order valence-electron chi connectivity index (χ4n) is 2.91. The van der Waals surface area contributed by atoms with Crippen molar-refractivity contribution in [2.24, 2.45) is 0 Å². The van der Waals surface area contributed by atoms with Crippen molar-refractivity contribution >= 4 is 29.7 Å². The number of hydrogen-bond donors (Lipinski definition) is 1. The van der Waals surface area contributed by atoms with Gasteiger partial charge in [0.15, 0.2) is 0 Å². The Morgan fingerprint density at radius 3 is 1.97 bits per heavy atom. The zero-order chi connectivity index (χ0) is 22.3. The summed E-state index contributed by atoms with van der Waals surface area (Å²) >= 11 is 3.08. The smallest absolute Gasteiger partial charge is 0.463 e. The highest BCUT2D eigenvalue weighted by atomic mass is 79.9. The number of allylic oxidation sites excluding steroid dienone is 2. The quantitative estimate of drug-likeness (QED) is 0.0547. The summed E-state index contributed by atoms with van der Waals surface area (Å²) in [6.45, 7) is 2.11. The zero-order valence-corrected chi connectivity index (χ0v) is 21.2. The number of alkyl halides is 1. The molecule has 1 N–H and O–H groups in total. The van der Waals surface area contributed by atoms with Crippen LogP contribution in [0.25, 0.3) is 0 Å². The van der Waals surface area contributed by atoms with Gasteiger partial charge in [0, 0.05) is 11.8 Å². The summed E-state index contributed by atoms with van der Waals surface area (Å²) in [5.74, 6) is -0.301. The van der Waals surface area contributed by atoms with E-state index in [0.717, 1.165) is 25.7 Å². The standard InChI is InChI=1S/C22H42BrO6P/c1-2-3-4-5-6-7-8-9-10-11-12-13-14-15-16-17-22(24)27-20-21-29-30(25,26)28-19-18-23/h9-10H,2-8,11-21H2,1H3,(H,25,26)/b10-9-. The number of esters is 1. The number of hydrogen-bond acceptors (Lipinski definition) is 5. The molecule has 0 aromatic rings. The van der Waals surface area contributed by atoms with Gasteiger partial charge in [-0.3, -0.25) is 13.8 Å². The third-order valence-corrected chi connectivity index (χ3v) is 5.92. The molecule has 0 bridgehead atoms. The van der Waals surface area contributed by atoms with Crippen molar-refractivity contribution in [2.45, 2.75) is 96.8 Å². The van der Waals surface area contributed by atoms with Crippen LogP contribution in [0.1, 0.15) is 96.8 Å². The van der Waals surface area contributed by atoms with Gasteiger partial charge in [0.25, 0.3) is 0 Å². The Morgan fingerprint density at radius 2 is 1.37 bits per heavy atom. The van der Waals surface area contributed by atoms with Gasteiger partial charge in [-0.25, -0.2) is 4.57 Å². The maximum atomic E-state index is 11.6. The van der Waals surface area contributed by atoms with Gasteiger partial charge < -0.3 is 9.63 Å². The van der Waals surface area contributed by atoms with Crippen LogP contribution in [0.5, 0.6) is 0 Å². The normalized spacial score (nSPS) is 13.6. The minimum Gasteiger partial charge on any atom is -0.463 e. The van der Waals surface area contributed by atoms with E-state index in [-0.39, 0.29) is 25.8 Å². The van der Waals surface area contributed by atoms with Crippen LogP contribution >= 0.6 is 23.8 Å². The average molecular weight is 513 g/mol. The van der Waals surface area contributed by atoms with Crippen molar-refractivity contribution in [1.29, 1.82) is 0 Å². The third-order valence-electron chi connectivity index (χ3n) is 4.58. The van der Waals surface area contributed by atoms with Crippen LogP contribution in [-0.2, 0) is 23.1 Å². The molecule has 0 radical (unpaired) electrons. The number of carbonyl (C=O) groups is 1. The topological polar surface area (TPSA) is 82.1 Å². The summed E-state index contributed by atoms with van der Waals surface area (Å²) in [4.78, 5) is 20.9. The minimum absolute atomic E-state index is 0.0495. The number of ether oxygens (including phenoxy) is 1. The first-order chi connectivity index (χ1) is 14.5. The van der Waals surface area contributed by atoms with E-state index >= 15 is 0 Å². The molecular weight excluding hydrogens is 471 g/mol. The van der Waals surface area contributed by atoms with Gasteiger partial charge in [-0.1, -0.05) is 86.4 Å². The van der Waals surface area contributed by atoms with Crippen LogP contribution in [0.15, 0.2) is 12.2 Å². The summed E-state index contributed by atoms with van der Waals surface area (Å²) in [6, 6.07) is 0. The molecule has 0 aliphatic heterocycles. The molecule has 6 nitrogen and oxygen atoms in total. The number of unbranched alkanes of at least 4 members (excludes halogenated alkanes) is 11. The Hall–Kier alpha value is -0.200. The molecule has 0 fully saturated rings. The second-order valence-electron chi connectivity index (χ2n) is 7.38. The molecule has 30 heavy (non-hydrogen) atoms. The lowest BCUT2D eigenvalue weighted by molar-refractivity contribution is -0.144. The first kappa shape index (κ1) is 29.8. The lowest BCUT2D eigenvalue weighted by Gasteiger charge is -2.11. The van der Waals surface area contributed by atoms with Crippen molar-refractivity contribution in [3.63, 3.8) is 0 Å². The predicted molar refractivity (Wildman–Crippen MR) is 126 cm³/mol. The van der Waals surface area contributed by atoms with Crippen LogP contribution in [0.4, 0.5) is 0 Å². The second kappa shape index (κ2) is 22.0. The van der Waals surface area contributed by atoms with E-state index in [1.807, 2.05) is 0 Å². The fourth-order valence-corrected chi connectivity index (χ4v) is 4.02. The average Bonchev–Trinajstić information content (AvgIpc) is 2.72. The van der Waals surface area contributed by atoms with Crippen molar-refractivity contribution in [3.05, 3.63) is 12.2 Å². The highest BCUT2D eigenvalue weighted by Gasteiger charge is 2.20. The van der Waals surface area contributed by atoms with Crippen LogP contribution in [0.2, 0.25) is 0 Å². The molecule has 0 aromatic carbocycles. The van der Waals surface area contributed by atoms with Crippen LogP contribution in [0.3, 0.4) is 0 Å². The summed E-state index contributed by atoms with van der Waals surface area (Å²) in [5, 5.41) is 0.436. The SMILES string of the molecule is CCCCCCCC/C=C\CCCCCCCC(=O)OCCOP(=O)(O)OCCBr. The molecule has 0 rings (SSSR count). The number of carbonyl (C=O) groups excluding carboxylic acids is 1. The molecule has 0 heterocycles. The number of phosphoric acid groups is 1. The summed E-state index contributed by atoms with van der Waals surface area (Å²) in [5.41, 5.74) is 0. The molecule has 8 heteroatoms. The van der Waals surface area contributed by atoms with Gasteiger partial charge in [-0.05, 0) is 32.1 Å². The Labute approximate surface area is 191 Å². The molecule has 0 aliphatic rings. The first-order valence-electron chi connectivity index (χ1n) is 11.5. The largest absolute Gasteiger partial charge is 0.472 e. The Bertz CT molecular complexity index is 473. The summed E-state index contributed by atoms with van der Waals surface area (Å²) < 4.78 is 25.7. The molecule has 1 unspecified atom stereocenters. The molecule has 178 valence electrons. The zero-order valence-electron chi connectivity index (χ0n) is 18.7. The highest BCUT2D eigenvalue weighted by molar-refractivity contribution is 9.09. The molecular formula is C22H42BrO6P. The molecule has 0 aliphatic carbocycles. The molecule has 0 saturated heterocycles. The lowest BCUT2D eigenvalue weighted by atomic mass is 10.1. The Kier molecular flexibility index (Phi) is 21.9. The maximum absolute atomic E-state index is 11.6. The lowest BCUT2D eigenvalue weighted by Crippen LogP contribution is -2.10. The molecule has 0 saturated carbocycles. The predicted octanol–water partition coefficient (Wildman–Crippen LogP) is 7.10. The Balaban J connectivity index is 3.37. The summed E-state index contributed by atoms with van der Waals surface area (Å²) in [7, 11) is -4.05. The second-order valence-corrected chi connectivity index (χ2v) is 9.63. The van der Waals surface area contributed by atoms with Gasteiger partial charge in [0.1, 0.15) is 6.61 Å². The van der Waals surface area contributed by atoms with Crippen molar-refractivity contribution < 1.29 is 28.0 Å². The van der Waals surface area contributed by atoms with Gasteiger partial charge in [0.05, 0.1) is 13.2 Å². The van der Waals surface area contributed by atoms with Gasteiger partial charge in [0.2, 0.25) is 0 Å². The van der Waals surface area contributed by atoms with E-state index in [1.54, 1.807) is 0 Å². The number of rotatable bonds is 22. The van der Waals surface area contributed by atoms with Gasteiger partial charge in [-0.2, -0.15) is 0 Å². The summed E-state index contributed by atoms with van der Waals surface area (Å²) in [6.07, 6.45) is 20.8. The molecule has 0 amide bonds. The van der Waals surface area contributed by atoms with Crippen molar-refractivity contribution in [1.82, 2.24) is 0 Å². The minimum atomic E-state index is -4.05. The molecule has 1 atom stereocenters. The van der Waals surface area contributed by atoms with Crippen LogP contribution in [-0.4, -0.2) is 36.0 Å². The highest BCUT2D eigenvalue weighted by Crippen LogP contribution is 2.42.